The number of hydrogen-bond acceptors (Lipinski definition) is 6. The Morgan fingerprint density at radius 3 is 2.43 bits per heavy atom. The van der Waals surface area contributed by atoms with Crippen LogP contribution in [-0.2, 0) is 0 Å². The number of hydrogen-bond donors (Lipinski definition) is 0. The molecule has 1 saturated heterocycles. The van der Waals surface area contributed by atoms with Gasteiger partial charge < -0.3 is 14.2 Å². The summed E-state index contributed by atoms with van der Waals surface area (Å²) in [4.78, 5) is 39.3. The largest absolute Gasteiger partial charge is 0.451 e. The number of fused-ring (bicyclic) bond motifs is 1. The molecule has 0 unspecified atom stereocenters. The normalized spacial score (nSPS) is 14.3. The fourth-order valence-electron chi connectivity index (χ4n) is 3.40. The van der Waals surface area contributed by atoms with Crippen LogP contribution < -0.4 is 10.3 Å². The van der Waals surface area contributed by atoms with Crippen molar-refractivity contribution in [3.8, 4) is 0 Å². The highest BCUT2D eigenvalue weighted by molar-refractivity contribution is 5.93. The van der Waals surface area contributed by atoms with Gasteiger partial charge in [0, 0.05) is 38.3 Å². The number of piperazine rings is 1. The molecule has 0 N–H and O–H groups in total. The minimum absolute atomic E-state index is 0.00263. The zero-order chi connectivity index (χ0) is 19.7. The highest BCUT2D eigenvalue weighted by atomic mass is 16.6. The SMILES string of the molecule is O=C(c1cc(=O)c2ccccc2o1)N1CCN(c2ccccc2[N+](=O)[O-])CC1. The van der Waals surface area contributed by atoms with Crippen molar-refractivity contribution in [3.05, 3.63) is 80.7 Å². The second-order valence-corrected chi connectivity index (χ2v) is 6.50. The number of nitrogens with zero attached hydrogens (tertiary/aromatic N) is 3. The maximum Gasteiger partial charge on any atom is 0.292 e. The summed E-state index contributed by atoms with van der Waals surface area (Å²) in [5, 5.41) is 11.7. The lowest BCUT2D eigenvalue weighted by Crippen LogP contribution is -2.49. The first-order valence-corrected chi connectivity index (χ1v) is 8.85. The van der Waals surface area contributed by atoms with Gasteiger partial charge in [0.05, 0.1) is 10.3 Å². The average Bonchev–Trinajstić information content (AvgIpc) is 2.73. The van der Waals surface area contributed by atoms with Gasteiger partial charge in [-0.1, -0.05) is 24.3 Å². The van der Waals surface area contributed by atoms with Gasteiger partial charge in [-0.05, 0) is 18.2 Å². The molecule has 0 spiro atoms. The van der Waals surface area contributed by atoms with Gasteiger partial charge in [-0.15, -0.1) is 0 Å². The molecule has 2 heterocycles. The Kier molecular flexibility index (Phi) is 4.52. The third kappa shape index (κ3) is 3.20. The fourth-order valence-corrected chi connectivity index (χ4v) is 3.40. The number of rotatable bonds is 3. The lowest BCUT2D eigenvalue weighted by atomic mass is 10.2. The number of carbonyl (C=O) groups is 1. The van der Waals surface area contributed by atoms with E-state index < -0.39 is 4.92 Å². The van der Waals surface area contributed by atoms with Crippen molar-refractivity contribution in [2.24, 2.45) is 0 Å². The molecule has 0 atom stereocenters. The van der Waals surface area contributed by atoms with Gasteiger partial charge >= 0.3 is 0 Å². The Hall–Kier alpha value is -3.68. The summed E-state index contributed by atoms with van der Waals surface area (Å²) in [5.41, 5.74) is 0.695. The third-order valence-electron chi connectivity index (χ3n) is 4.83. The first kappa shape index (κ1) is 17.7. The topological polar surface area (TPSA) is 96.9 Å². The van der Waals surface area contributed by atoms with Crippen molar-refractivity contribution in [2.45, 2.75) is 0 Å². The molecule has 3 aromatic rings. The van der Waals surface area contributed by atoms with Gasteiger partial charge in [0.15, 0.2) is 11.2 Å². The van der Waals surface area contributed by atoms with Crippen LogP contribution in [0.4, 0.5) is 11.4 Å². The van der Waals surface area contributed by atoms with Gasteiger partial charge in [0.25, 0.3) is 11.6 Å². The molecule has 8 nitrogen and oxygen atoms in total. The molecule has 1 aromatic heterocycles. The molecule has 142 valence electrons. The molecule has 4 rings (SSSR count). The monoisotopic (exact) mass is 379 g/mol. The molecule has 28 heavy (non-hydrogen) atoms. The summed E-state index contributed by atoms with van der Waals surface area (Å²) >= 11 is 0. The van der Waals surface area contributed by atoms with Crippen LogP contribution in [0.1, 0.15) is 10.6 Å². The smallest absolute Gasteiger partial charge is 0.292 e. The molecule has 0 radical (unpaired) electrons. The van der Waals surface area contributed by atoms with Crippen LogP contribution >= 0.6 is 0 Å². The quantitative estimate of drug-likeness (QED) is 0.513. The van der Waals surface area contributed by atoms with E-state index in [1.54, 1.807) is 47.4 Å². The molecular formula is C20H17N3O5. The number of nitro benzene ring substituents is 1. The van der Waals surface area contributed by atoms with Crippen LogP contribution in [0, 0.1) is 10.1 Å². The van der Waals surface area contributed by atoms with Crippen LogP contribution in [0.5, 0.6) is 0 Å². The maximum absolute atomic E-state index is 12.8. The summed E-state index contributed by atoms with van der Waals surface area (Å²) in [7, 11) is 0. The van der Waals surface area contributed by atoms with E-state index in [0.29, 0.717) is 42.8 Å². The lowest BCUT2D eigenvalue weighted by molar-refractivity contribution is -0.384. The van der Waals surface area contributed by atoms with E-state index in [4.69, 9.17) is 4.42 Å². The minimum atomic E-state index is -0.406. The number of para-hydroxylation sites is 3. The summed E-state index contributed by atoms with van der Waals surface area (Å²) < 4.78 is 5.63. The Bertz CT molecular complexity index is 1120. The van der Waals surface area contributed by atoms with E-state index in [0.717, 1.165) is 0 Å². The van der Waals surface area contributed by atoms with E-state index in [1.165, 1.54) is 12.1 Å². The van der Waals surface area contributed by atoms with Gasteiger partial charge in [0.2, 0.25) is 0 Å². The van der Waals surface area contributed by atoms with E-state index in [1.807, 2.05) is 4.90 Å². The summed E-state index contributed by atoms with van der Waals surface area (Å²) in [6.07, 6.45) is 0. The van der Waals surface area contributed by atoms with Crippen LogP contribution in [0.15, 0.2) is 63.8 Å². The second kappa shape index (κ2) is 7.15. The first-order valence-electron chi connectivity index (χ1n) is 8.85. The number of carbonyl (C=O) groups excluding carboxylic acids is 1. The molecule has 2 aromatic carbocycles. The Morgan fingerprint density at radius 1 is 1.00 bits per heavy atom. The molecule has 1 fully saturated rings. The van der Waals surface area contributed by atoms with Gasteiger partial charge in [-0.25, -0.2) is 0 Å². The van der Waals surface area contributed by atoms with E-state index >= 15 is 0 Å². The number of anilines is 1. The van der Waals surface area contributed by atoms with Gasteiger partial charge in [-0.2, -0.15) is 0 Å². The standard InChI is InChI=1S/C20H17N3O5/c24-17-13-19(28-18-8-4-1-5-14(17)18)20(25)22-11-9-21(10-12-22)15-6-2-3-7-16(15)23(26)27/h1-8,13H,9-12H2. The van der Waals surface area contributed by atoms with Crippen LogP contribution in [-0.4, -0.2) is 41.9 Å². The Labute approximate surface area is 159 Å². The van der Waals surface area contributed by atoms with Crippen molar-refractivity contribution < 1.29 is 14.1 Å². The first-order chi connectivity index (χ1) is 13.5. The lowest BCUT2D eigenvalue weighted by Gasteiger charge is -2.35. The van der Waals surface area contributed by atoms with Crippen molar-refractivity contribution in [1.82, 2.24) is 4.90 Å². The molecule has 0 saturated carbocycles. The number of benzene rings is 2. The highest BCUT2D eigenvalue weighted by Crippen LogP contribution is 2.28. The highest BCUT2D eigenvalue weighted by Gasteiger charge is 2.27. The van der Waals surface area contributed by atoms with E-state index in [9.17, 15) is 19.7 Å². The molecule has 1 amide bonds. The second-order valence-electron chi connectivity index (χ2n) is 6.50. The molecule has 0 aliphatic carbocycles. The average molecular weight is 379 g/mol. The van der Waals surface area contributed by atoms with Crippen LogP contribution in [0.2, 0.25) is 0 Å². The summed E-state index contributed by atoms with van der Waals surface area (Å²) in [6, 6.07) is 14.6. The zero-order valence-electron chi connectivity index (χ0n) is 14.9. The predicted octanol–water partition coefficient (Wildman–Crippen LogP) is 2.66. The molecular weight excluding hydrogens is 362 g/mol. The molecule has 1 aliphatic rings. The zero-order valence-corrected chi connectivity index (χ0v) is 14.9. The Morgan fingerprint density at radius 2 is 1.68 bits per heavy atom. The van der Waals surface area contributed by atoms with Crippen molar-refractivity contribution >= 4 is 28.3 Å². The fraction of sp³-hybridized carbons (Fsp3) is 0.200. The van der Waals surface area contributed by atoms with Crippen LogP contribution in [0.3, 0.4) is 0 Å². The minimum Gasteiger partial charge on any atom is -0.451 e. The van der Waals surface area contributed by atoms with Crippen LogP contribution in [0.25, 0.3) is 11.0 Å². The predicted molar refractivity (Wildman–Crippen MR) is 104 cm³/mol. The van der Waals surface area contributed by atoms with Gasteiger partial charge in [-0.3, -0.25) is 19.7 Å². The number of nitro groups is 1. The number of amides is 1. The van der Waals surface area contributed by atoms with Crippen molar-refractivity contribution in [1.29, 1.82) is 0 Å². The summed E-state index contributed by atoms with van der Waals surface area (Å²) in [5.74, 6) is -0.354. The Balaban J connectivity index is 1.52. The third-order valence-corrected chi connectivity index (χ3v) is 4.83. The van der Waals surface area contributed by atoms with Gasteiger partial charge in [0.1, 0.15) is 11.3 Å². The van der Waals surface area contributed by atoms with Crippen molar-refractivity contribution in [2.75, 3.05) is 31.1 Å². The van der Waals surface area contributed by atoms with E-state index in [-0.39, 0.29) is 22.8 Å². The molecule has 0 bridgehead atoms. The summed E-state index contributed by atoms with van der Waals surface area (Å²) in [6.45, 7) is 1.66. The maximum atomic E-state index is 12.8. The molecule has 1 aliphatic heterocycles. The van der Waals surface area contributed by atoms with Crippen molar-refractivity contribution in [3.63, 3.8) is 0 Å². The van der Waals surface area contributed by atoms with E-state index in [2.05, 4.69) is 0 Å². The molecule has 8 heteroatoms.